The second kappa shape index (κ2) is 10.5. The van der Waals surface area contributed by atoms with Crippen LogP contribution in [0.1, 0.15) is 26.7 Å². The maximum absolute atomic E-state index is 11.5. The summed E-state index contributed by atoms with van der Waals surface area (Å²) < 4.78 is 5.05. The summed E-state index contributed by atoms with van der Waals surface area (Å²) in [4.78, 5) is 13.7. The third-order valence-electron chi connectivity index (χ3n) is 2.39. The molecule has 0 unspecified atom stereocenters. The lowest BCUT2D eigenvalue weighted by Crippen LogP contribution is -2.36. The van der Waals surface area contributed by atoms with Crippen molar-refractivity contribution in [3.8, 4) is 0 Å². The summed E-state index contributed by atoms with van der Waals surface area (Å²) in [6, 6.07) is 0.207. The molecule has 0 aliphatic heterocycles. The molecular formula is C12H27N3O2. The van der Waals surface area contributed by atoms with E-state index in [1.165, 1.54) is 0 Å². The van der Waals surface area contributed by atoms with E-state index in [0.717, 1.165) is 26.1 Å². The first-order valence-corrected chi connectivity index (χ1v) is 6.30. The van der Waals surface area contributed by atoms with Gasteiger partial charge in [-0.25, -0.2) is 0 Å². The zero-order chi connectivity index (χ0) is 13.1. The van der Waals surface area contributed by atoms with Gasteiger partial charge in [0.1, 0.15) is 0 Å². The minimum absolute atomic E-state index is 0.107. The summed E-state index contributed by atoms with van der Waals surface area (Å²) in [5.41, 5.74) is 5.49. The predicted molar refractivity (Wildman–Crippen MR) is 69.9 cm³/mol. The van der Waals surface area contributed by atoms with Gasteiger partial charge < -0.3 is 20.7 Å². The standard InChI is InChI=1S/C12H27N3O2/c1-11(2)14-12(16)5-8-15(7-4-6-13)9-10-17-3/h11H,4-10,13H2,1-3H3,(H,14,16). The molecule has 3 N–H and O–H groups in total. The Morgan fingerprint density at radius 3 is 2.59 bits per heavy atom. The van der Waals surface area contributed by atoms with E-state index in [1.54, 1.807) is 7.11 Å². The number of nitrogens with two attached hydrogens (primary N) is 1. The number of hydrogen-bond acceptors (Lipinski definition) is 4. The molecular weight excluding hydrogens is 218 g/mol. The van der Waals surface area contributed by atoms with Gasteiger partial charge in [-0.3, -0.25) is 4.79 Å². The Balaban J connectivity index is 3.83. The zero-order valence-corrected chi connectivity index (χ0v) is 11.4. The molecule has 102 valence electrons. The van der Waals surface area contributed by atoms with Crippen molar-refractivity contribution >= 4 is 5.91 Å². The average molecular weight is 245 g/mol. The molecule has 0 atom stereocenters. The summed E-state index contributed by atoms with van der Waals surface area (Å²) in [5.74, 6) is 0.107. The maximum Gasteiger partial charge on any atom is 0.221 e. The molecule has 0 aromatic rings. The fraction of sp³-hybridized carbons (Fsp3) is 0.917. The molecule has 17 heavy (non-hydrogen) atoms. The number of methoxy groups -OCH3 is 1. The molecule has 0 fully saturated rings. The lowest BCUT2D eigenvalue weighted by atomic mass is 10.3. The van der Waals surface area contributed by atoms with Gasteiger partial charge in [-0.2, -0.15) is 0 Å². The lowest BCUT2D eigenvalue weighted by Gasteiger charge is -2.21. The Bertz CT molecular complexity index is 190. The van der Waals surface area contributed by atoms with Crippen LogP contribution in [0.5, 0.6) is 0 Å². The number of hydrogen-bond donors (Lipinski definition) is 2. The van der Waals surface area contributed by atoms with Gasteiger partial charge in [-0.1, -0.05) is 0 Å². The molecule has 0 aromatic carbocycles. The van der Waals surface area contributed by atoms with Gasteiger partial charge in [0.25, 0.3) is 0 Å². The second-order valence-corrected chi connectivity index (χ2v) is 4.45. The van der Waals surface area contributed by atoms with E-state index in [4.69, 9.17) is 10.5 Å². The molecule has 0 bridgehead atoms. The maximum atomic E-state index is 11.5. The molecule has 0 aromatic heterocycles. The number of ether oxygens (including phenoxy) is 1. The number of carbonyl (C=O) groups is 1. The van der Waals surface area contributed by atoms with E-state index in [9.17, 15) is 4.79 Å². The highest BCUT2D eigenvalue weighted by Gasteiger charge is 2.08. The number of rotatable bonds is 10. The number of nitrogens with one attached hydrogen (secondary N) is 1. The Labute approximate surface area is 105 Å². The van der Waals surface area contributed by atoms with Crippen LogP contribution in [0.3, 0.4) is 0 Å². The summed E-state index contributed by atoms with van der Waals surface area (Å²) in [7, 11) is 1.69. The van der Waals surface area contributed by atoms with Crippen LogP contribution in [0.25, 0.3) is 0 Å². The van der Waals surface area contributed by atoms with Crippen LogP contribution in [0, 0.1) is 0 Å². The highest BCUT2D eigenvalue weighted by molar-refractivity contribution is 5.76. The predicted octanol–water partition coefficient (Wildman–Crippen LogP) is 0.198. The van der Waals surface area contributed by atoms with Gasteiger partial charge in [0, 0.05) is 32.7 Å². The van der Waals surface area contributed by atoms with Crippen LogP contribution in [-0.4, -0.2) is 56.7 Å². The van der Waals surface area contributed by atoms with Crippen molar-refractivity contribution in [2.45, 2.75) is 32.7 Å². The molecule has 0 rings (SSSR count). The SMILES string of the molecule is COCCN(CCCN)CCC(=O)NC(C)C. The van der Waals surface area contributed by atoms with Crippen molar-refractivity contribution in [1.82, 2.24) is 10.2 Å². The van der Waals surface area contributed by atoms with E-state index in [-0.39, 0.29) is 11.9 Å². The van der Waals surface area contributed by atoms with Gasteiger partial charge in [-0.15, -0.1) is 0 Å². The molecule has 5 heteroatoms. The van der Waals surface area contributed by atoms with Crippen LogP contribution in [0.4, 0.5) is 0 Å². The normalized spacial score (nSPS) is 11.2. The van der Waals surface area contributed by atoms with E-state index < -0.39 is 0 Å². The van der Waals surface area contributed by atoms with Crippen molar-refractivity contribution in [3.63, 3.8) is 0 Å². The zero-order valence-electron chi connectivity index (χ0n) is 11.4. The van der Waals surface area contributed by atoms with Crippen LogP contribution < -0.4 is 11.1 Å². The van der Waals surface area contributed by atoms with Crippen molar-refractivity contribution < 1.29 is 9.53 Å². The number of carbonyl (C=O) groups excluding carboxylic acids is 1. The molecule has 5 nitrogen and oxygen atoms in total. The molecule has 0 heterocycles. The van der Waals surface area contributed by atoms with Gasteiger partial charge in [0.05, 0.1) is 6.61 Å². The van der Waals surface area contributed by atoms with Crippen LogP contribution >= 0.6 is 0 Å². The first kappa shape index (κ1) is 16.4. The van der Waals surface area contributed by atoms with E-state index in [0.29, 0.717) is 19.6 Å². The summed E-state index contributed by atoms with van der Waals surface area (Å²) in [5, 5.41) is 2.89. The summed E-state index contributed by atoms with van der Waals surface area (Å²) >= 11 is 0. The Morgan fingerprint density at radius 2 is 2.06 bits per heavy atom. The topological polar surface area (TPSA) is 67.6 Å². The largest absolute Gasteiger partial charge is 0.383 e. The Morgan fingerprint density at radius 1 is 1.35 bits per heavy atom. The van der Waals surface area contributed by atoms with Crippen LogP contribution in [0.2, 0.25) is 0 Å². The van der Waals surface area contributed by atoms with E-state index in [1.807, 2.05) is 13.8 Å². The summed E-state index contributed by atoms with van der Waals surface area (Å²) in [6.45, 7) is 7.85. The van der Waals surface area contributed by atoms with Crippen molar-refractivity contribution in [2.24, 2.45) is 5.73 Å². The monoisotopic (exact) mass is 245 g/mol. The van der Waals surface area contributed by atoms with Crippen LogP contribution in [-0.2, 0) is 9.53 Å². The average Bonchev–Trinajstić information content (AvgIpc) is 2.27. The van der Waals surface area contributed by atoms with Crippen molar-refractivity contribution in [3.05, 3.63) is 0 Å². The van der Waals surface area contributed by atoms with Gasteiger partial charge >= 0.3 is 0 Å². The third-order valence-corrected chi connectivity index (χ3v) is 2.39. The van der Waals surface area contributed by atoms with Gasteiger partial charge in [-0.05, 0) is 33.4 Å². The Hall–Kier alpha value is -0.650. The molecule has 0 saturated carbocycles. The van der Waals surface area contributed by atoms with Gasteiger partial charge in [0.2, 0.25) is 5.91 Å². The van der Waals surface area contributed by atoms with Crippen LogP contribution in [0.15, 0.2) is 0 Å². The fourth-order valence-electron chi connectivity index (χ4n) is 1.52. The number of nitrogens with zero attached hydrogens (tertiary/aromatic N) is 1. The van der Waals surface area contributed by atoms with E-state index in [2.05, 4.69) is 10.2 Å². The fourth-order valence-corrected chi connectivity index (χ4v) is 1.52. The molecule has 0 saturated heterocycles. The second-order valence-electron chi connectivity index (χ2n) is 4.45. The van der Waals surface area contributed by atoms with Crippen molar-refractivity contribution in [2.75, 3.05) is 39.9 Å². The summed E-state index contributed by atoms with van der Waals surface area (Å²) in [6.07, 6.45) is 1.49. The highest BCUT2D eigenvalue weighted by atomic mass is 16.5. The third kappa shape index (κ3) is 10.2. The lowest BCUT2D eigenvalue weighted by molar-refractivity contribution is -0.121. The molecule has 0 aliphatic rings. The van der Waals surface area contributed by atoms with E-state index >= 15 is 0 Å². The smallest absolute Gasteiger partial charge is 0.221 e. The molecule has 1 amide bonds. The van der Waals surface area contributed by atoms with Crippen molar-refractivity contribution in [1.29, 1.82) is 0 Å². The number of amides is 1. The van der Waals surface area contributed by atoms with Gasteiger partial charge in [0.15, 0.2) is 0 Å². The first-order valence-electron chi connectivity index (χ1n) is 6.30. The minimum atomic E-state index is 0.107. The Kier molecular flexibility index (Phi) is 10.1. The minimum Gasteiger partial charge on any atom is -0.383 e. The molecule has 0 aliphatic carbocycles. The molecule has 0 radical (unpaired) electrons. The quantitative estimate of drug-likeness (QED) is 0.577. The first-order chi connectivity index (χ1) is 8.10. The highest BCUT2D eigenvalue weighted by Crippen LogP contribution is 1.95. The molecule has 0 spiro atoms.